The molecular weight excluding hydrogens is 290 g/mol. The molecule has 7 atom stereocenters. The van der Waals surface area contributed by atoms with Crippen LogP contribution >= 0.6 is 0 Å². The van der Waals surface area contributed by atoms with Gasteiger partial charge < -0.3 is 0 Å². The topological polar surface area (TPSA) is 23.8 Å². The predicted octanol–water partition coefficient (Wildman–Crippen LogP) is 6.75. The van der Waals surface area contributed by atoms with Gasteiger partial charge in [0.15, 0.2) is 0 Å². The first-order valence-corrected chi connectivity index (χ1v) is 10.5. The highest BCUT2D eigenvalue weighted by atomic mass is 14.6. The van der Waals surface area contributed by atoms with Crippen molar-refractivity contribution in [2.24, 2.45) is 40.4 Å². The van der Waals surface area contributed by atoms with Crippen LogP contribution in [0.1, 0.15) is 86.0 Å². The average Bonchev–Trinajstić information content (AvgIpc) is 2.84. The normalized spacial score (nSPS) is 49.5. The third kappa shape index (κ3) is 2.48. The first kappa shape index (κ1) is 18.0. The summed E-state index contributed by atoms with van der Waals surface area (Å²) in [6.07, 6.45) is 12.7. The van der Waals surface area contributed by atoms with Crippen LogP contribution in [0.2, 0.25) is 0 Å². The summed E-state index contributed by atoms with van der Waals surface area (Å²) in [4.78, 5) is 0. The van der Waals surface area contributed by atoms with E-state index in [9.17, 15) is 5.26 Å². The Bertz CT molecular complexity index is 541. The Morgan fingerprint density at radius 3 is 2.58 bits per heavy atom. The minimum atomic E-state index is 0.308. The van der Waals surface area contributed by atoms with Gasteiger partial charge in [0, 0.05) is 6.08 Å². The maximum Gasteiger partial charge on any atom is 0.0911 e. The van der Waals surface area contributed by atoms with Crippen molar-refractivity contribution in [1.82, 2.24) is 0 Å². The van der Waals surface area contributed by atoms with E-state index >= 15 is 0 Å². The second-order valence-electron chi connectivity index (χ2n) is 9.67. The molecule has 0 amide bonds. The summed E-state index contributed by atoms with van der Waals surface area (Å²) < 4.78 is 0. The summed E-state index contributed by atoms with van der Waals surface area (Å²) in [5.74, 6) is 4.33. The number of nitriles is 1. The molecule has 3 aliphatic carbocycles. The van der Waals surface area contributed by atoms with Crippen LogP contribution in [-0.4, -0.2) is 0 Å². The fourth-order valence-electron chi connectivity index (χ4n) is 8.00. The molecule has 1 nitrogen and oxygen atoms in total. The van der Waals surface area contributed by atoms with Gasteiger partial charge in [-0.15, -0.1) is 0 Å². The Morgan fingerprint density at radius 2 is 1.96 bits per heavy atom. The van der Waals surface area contributed by atoms with E-state index in [0.717, 1.165) is 29.6 Å². The van der Waals surface area contributed by atoms with E-state index < -0.39 is 0 Å². The van der Waals surface area contributed by atoms with Gasteiger partial charge in [0.05, 0.1) is 6.07 Å². The number of rotatable bonds is 3. The third-order valence-corrected chi connectivity index (χ3v) is 8.68. The molecule has 0 saturated heterocycles. The van der Waals surface area contributed by atoms with E-state index in [1.807, 2.05) is 6.08 Å². The molecule has 0 aromatic heterocycles. The van der Waals surface area contributed by atoms with Crippen LogP contribution in [0.25, 0.3) is 0 Å². The van der Waals surface area contributed by atoms with E-state index in [1.165, 1.54) is 56.9 Å². The maximum absolute atomic E-state index is 9.22. The molecule has 0 spiro atoms. The van der Waals surface area contributed by atoms with Gasteiger partial charge in [0.1, 0.15) is 0 Å². The molecule has 6 unspecified atom stereocenters. The van der Waals surface area contributed by atoms with Crippen LogP contribution in [0.4, 0.5) is 0 Å². The monoisotopic (exact) mass is 327 g/mol. The molecule has 134 valence electrons. The van der Waals surface area contributed by atoms with Crippen molar-refractivity contribution < 1.29 is 0 Å². The molecule has 24 heavy (non-hydrogen) atoms. The van der Waals surface area contributed by atoms with Crippen molar-refractivity contribution in [3.05, 3.63) is 11.6 Å². The van der Waals surface area contributed by atoms with Crippen LogP contribution in [0, 0.1) is 51.8 Å². The SMILES string of the molecule is CCCC1(C)C(CC)CCC2C3CC/C(=C/C#N)C3(C)C[C@H](C)C21. The van der Waals surface area contributed by atoms with Crippen molar-refractivity contribution in [3.8, 4) is 6.07 Å². The van der Waals surface area contributed by atoms with Crippen LogP contribution in [0.5, 0.6) is 0 Å². The number of fused-ring (bicyclic) bond motifs is 3. The quantitative estimate of drug-likeness (QED) is 0.526. The van der Waals surface area contributed by atoms with Crippen LogP contribution < -0.4 is 0 Å². The Kier molecular flexibility index (Phi) is 4.89. The van der Waals surface area contributed by atoms with Gasteiger partial charge in [-0.25, -0.2) is 0 Å². The van der Waals surface area contributed by atoms with E-state index in [-0.39, 0.29) is 0 Å². The lowest BCUT2D eigenvalue weighted by Crippen LogP contribution is -2.54. The zero-order valence-electron chi connectivity index (χ0n) is 16.6. The molecule has 0 aromatic carbocycles. The van der Waals surface area contributed by atoms with Gasteiger partial charge in [0.25, 0.3) is 0 Å². The van der Waals surface area contributed by atoms with Crippen molar-refractivity contribution >= 4 is 0 Å². The minimum absolute atomic E-state index is 0.308. The summed E-state index contributed by atoms with van der Waals surface area (Å²) in [7, 11) is 0. The molecule has 1 heteroatoms. The van der Waals surface area contributed by atoms with Crippen LogP contribution in [-0.2, 0) is 0 Å². The van der Waals surface area contributed by atoms with E-state index in [2.05, 4.69) is 40.7 Å². The zero-order valence-corrected chi connectivity index (χ0v) is 16.6. The molecule has 3 aliphatic rings. The molecule has 0 aliphatic heterocycles. The molecule has 3 fully saturated rings. The van der Waals surface area contributed by atoms with E-state index in [0.29, 0.717) is 10.8 Å². The molecule has 0 radical (unpaired) electrons. The van der Waals surface area contributed by atoms with Gasteiger partial charge in [-0.2, -0.15) is 5.26 Å². The molecular formula is C23H37N. The first-order valence-electron chi connectivity index (χ1n) is 10.5. The van der Waals surface area contributed by atoms with Crippen molar-refractivity contribution in [2.75, 3.05) is 0 Å². The zero-order chi connectivity index (χ0) is 17.5. The number of hydrogen-bond acceptors (Lipinski definition) is 1. The highest BCUT2D eigenvalue weighted by molar-refractivity contribution is 5.28. The molecule has 0 bridgehead atoms. The molecule has 0 N–H and O–H groups in total. The Balaban J connectivity index is 1.98. The van der Waals surface area contributed by atoms with Crippen molar-refractivity contribution in [1.29, 1.82) is 5.26 Å². The van der Waals surface area contributed by atoms with E-state index in [4.69, 9.17) is 0 Å². The highest BCUT2D eigenvalue weighted by Gasteiger charge is 2.59. The van der Waals surface area contributed by atoms with Gasteiger partial charge >= 0.3 is 0 Å². The first-order chi connectivity index (χ1) is 11.4. The maximum atomic E-state index is 9.22. The van der Waals surface area contributed by atoms with E-state index in [1.54, 1.807) is 0 Å². The van der Waals surface area contributed by atoms with Crippen molar-refractivity contribution in [3.63, 3.8) is 0 Å². The Hall–Kier alpha value is -0.770. The molecule has 3 rings (SSSR count). The summed E-state index contributed by atoms with van der Waals surface area (Å²) in [5.41, 5.74) is 2.31. The standard InChI is InChI=1S/C23H37N/c1-6-13-22(4)17(7-2)8-10-19-20-11-9-18(12-14-24)23(20,5)15-16(3)21(19)22/h12,16-17,19-21H,6-11,13,15H2,1-5H3/b18-12-/t16-,17?,19?,20?,21?,22?,23?/m0/s1. The largest absolute Gasteiger partial charge is 0.193 e. The van der Waals surface area contributed by atoms with Gasteiger partial charge in [0.2, 0.25) is 0 Å². The van der Waals surface area contributed by atoms with Crippen molar-refractivity contribution in [2.45, 2.75) is 86.0 Å². The Morgan fingerprint density at radius 1 is 1.21 bits per heavy atom. The van der Waals surface area contributed by atoms with Gasteiger partial charge in [-0.1, -0.05) is 53.0 Å². The minimum Gasteiger partial charge on any atom is -0.193 e. The number of allylic oxidation sites excluding steroid dienone is 2. The lowest BCUT2D eigenvalue weighted by molar-refractivity contribution is -0.114. The summed E-state index contributed by atoms with van der Waals surface area (Å²) in [5, 5.41) is 9.22. The summed E-state index contributed by atoms with van der Waals surface area (Å²) >= 11 is 0. The number of hydrogen-bond donors (Lipinski definition) is 0. The molecule has 0 aromatic rings. The highest BCUT2D eigenvalue weighted by Crippen LogP contribution is 2.67. The third-order valence-electron chi connectivity index (χ3n) is 8.68. The smallest absolute Gasteiger partial charge is 0.0911 e. The molecule has 3 saturated carbocycles. The van der Waals surface area contributed by atoms with Gasteiger partial charge in [-0.05, 0) is 78.9 Å². The second kappa shape index (κ2) is 6.51. The summed E-state index contributed by atoms with van der Waals surface area (Å²) in [6, 6.07) is 2.35. The lowest BCUT2D eigenvalue weighted by atomic mass is 9.44. The van der Waals surface area contributed by atoms with Crippen LogP contribution in [0.3, 0.4) is 0 Å². The predicted molar refractivity (Wildman–Crippen MR) is 101 cm³/mol. The number of nitrogens with zero attached hydrogens (tertiary/aromatic N) is 1. The van der Waals surface area contributed by atoms with Crippen LogP contribution in [0.15, 0.2) is 11.6 Å². The fraction of sp³-hybridized carbons (Fsp3) is 0.870. The Labute approximate surface area is 149 Å². The lowest BCUT2D eigenvalue weighted by Gasteiger charge is -2.61. The second-order valence-corrected chi connectivity index (χ2v) is 9.67. The fourth-order valence-corrected chi connectivity index (χ4v) is 8.00. The average molecular weight is 328 g/mol. The summed E-state index contributed by atoms with van der Waals surface area (Å²) in [6.45, 7) is 12.5. The van der Waals surface area contributed by atoms with Gasteiger partial charge in [-0.3, -0.25) is 0 Å². The molecule has 0 heterocycles.